The predicted molar refractivity (Wildman–Crippen MR) is 132 cm³/mol. The number of aryl methyl sites for hydroxylation is 2. The van der Waals surface area contributed by atoms with Crippen molar-refractivity contribution in [3.05, 3.63) is 89.5 Å². The Kier molecular flexibility index (Phi) is 7.73. The van der Waals surface area contributed by atoms with E-state index in [1.165, 1.54) is 14.1 Å². The smallest absolute Gasteiger partial charge is 0.304 e. The van der Waals surface area contributed by atoms with Crippen LogP contribution in [0.2, 0.25) is 0 Å². The summed E-state index contributed by atoms with van der Waals surface area (Å²) in [6.45, 7) is 3.79. The molecule has 0 unspecified atom stereocenters. The van der Waals surface area contributed by atoms with Gasteiger partial charge in [-0.1, -0.05) is 42.5 Å². The second-order valence-corrected chi connectivity index (χ2v) is 10.0. The SMILES string of the molecule is Cc1ccc(C)c(N(CC(=O)Nc2ccc(OCc3ccccc3)cc2)S(=O)(=O)N(C)C)c1. The summed E-state index contributed by atoms with van der Waals surface area (Å²) in [5.41, 5.74) is 3.75. The van der Waals surface area contributed by atoms with Gasteiger partial charge in [-0.15, -0.1) is 0 Å². The average molecular weight is 468 g/mol. The third kappa shape index (κ3) is 6.34. The maximum Gasteiger partial charge on any atom is 0.304 e. The number of ether oxygens (including phenoxy) is 1. The number of benzene rings is 3. The van der Waals surface area contributed by atoms with Crippen molar-refractivity contribution in [2.75, 3.05) is 30.3 Å². The number of hydrogen-bond acceptors (Lipinski definition) is 4. The molecule has 0 spiro atoms. The van der Waals surface area contributed by atoms with Gasteiger partial charge in [0.2, 0.25) is 5.91 Å². The Morgan fingerprint density at radius 2 is 1.61 bits per heavy atom. The summed E-state index contributed by atoms with van der Waals surface area (Å²) < 4.78 is 33.9. The molecule has 3 aromatic carbocycles. The van der Waals surface area contributed by atoms with Crippen molar-refractivity contribution in [1.82, 2.24) is 4.31 Å². The van der Waals surface area contributed by atoms with Crippen LogP contribution in [0.1, 0.15) is 16.7 Å². The second kappa shape index (κ2) is 10.5. The van der Waals surface area contributed by atoms with E-state index < -0.39 is 16.1 Å². The topological polar surface area (TPSA) is 79.0 Å². The molecule has 0 saturated heterocycles. The minimum absolute atomic E-state index is 0.350. The molecule has 0 saturated carbocycles. The van der Waals surface area contributed by atoms with Crippen LogP contribution in [0.4, 0.5) is 11.4 Å². The van der Waals surface area contributed by atoms with Gasteiger partial charge in [0.05, 0.1) is 5.69 Å². The summed E-state index contributed by atoms with van der Waals surface area (Å²) in [7, 11) is -0.985. The normalized spacial score (nSPS) is 11.3. The molecule has 0 fully saturated rings. The van der Waals surface area contributed by atoms with Crippen molar-refractivity contribution in [1.29, 1.82) is 0 Å². The van der Waals surface area contributed by atoms with Gasteiger partial charge >= 0.3 is 10.2 Å². The van der Waals surface area contributed by atoms with Gasteiger partial charge in [0.15, 0.2) is 0 Å². The molecule has 3 aromatic rings. The predicted octanol–water partition coefficient (Wildman–Crippen LogP) is 4.13. The molecule has 0 bridgehead atoms. The molecule has 0 aliphatic rings. The van der Waals surface area contributed by atoms with Crippen LogP contribution in [0.15, 0.2) is 72.8 Å². The quantitative estimate of drug-likeness (QED) is 0.513. The van der Waals surface area contributed by atoms with Crippen LogP contribution in [0.3, 0.4) is 0 Å². The lowest BCUT2D eigenvalue weighted by Crippen LogP contribution is -2.44. The molecule has 7 nitrogen and oxygen atoms in total. The van der Waals surface area contributed by atoms with Gasteiger partial charge in [-0.2, -0.15) is 12.7 Å². The molecule has 0 radical (unpaired) electrons. The summed E-state index contributed by atoms with van der Waals surface area (Å²) in [5, 5.41) is 2.77. The number of nitrogens with zero attached hydrogens (tertiary/aromatic N) is 2. The first-order valence-corrected chi connectivity index (χ1v) is 11.9. The van der Waals surface area contributed by atoms with E-state index in [2.05, 4.69) is 5.32 Å². The minimum Gasteiger partial charge on any atom is -0.489 e. The number of rotatable bonds is 9. The molecule has 0 aliphatic heterocycles. The van der Waals surface area contributed by atoms with Gasteiger partial charge in [0, 0.05) is 19.8 Å². The molecule has 1 N–H and O–H groups in total. The molecule has 33 heavy (non-hydrogen) atoms. The van der Waals surface area contributed by atoms with E-state index in [1.54, 1.807) is 30.3 Å². The number of nitrogens with one attached hydrogen (secondary N) is 1. The zero-order valence-corrected chi connectivity index (χ0v) is 20.1. The summed E-state index contributed by atoms with van der Waals surface area (Å²) in [5.74, 6) is 0.225. The minimum atomic E-state index is -3.87. The Morgan fingerprint density at radius 3 is 2.24 bits per heavy atom. The average Bonchev–Trinajstić information content (AvgIpc) is 2.79. The first-order valence-electron chi connectivity index (χ1n) is 10.5. The summed E-state index contributed by atoms with van der Waals surface area (Å²) in [4.78, 5) is 12.8. The molecule has 3 rings (SSSR count). The zero-order chi connectivity index (χ0) is 24.0. The van der Waals surface area contributed by atoms with Crippen LogP contribution in [0, 0.1) is 13.8 Å². The highest BCUT2D eigenvalue weighted by Gasteiger charge is 2.28. The number of carbonyl (C=O) groups excluding carboxylic acids is 1. The van der Waals surface area contributed by atoms with Crippen LogP contribution in [0.5, 0.6) is 5.75 Å². The Balaban J connectivity index is 1.70. The van der Waals surface area contributed by atoms with E-state index in [0.29, 0.717) is 23.7 Å². The Bertz CT molecular complexity index is 1190. The highest BCUT2D eigenvalue weighted by Crippen LogP contribution is 2.25. The Morgan fingerprint density at radius 1 is 0.939 bits per heavy atom. The van der Waals surface area contributed by atoms with E-state index >= 15 is 0 Å². The van der Waals surface area contributed by atoms with E-state index in [-0.39, 0.29) is 6.54 Å². The lowest BCUT2D eigenvalue weighted by molar-refractivity contribution is -0.114. The maximum atomic E-state index is 13.0. The maximum absolute atomic E-state index is 13.0. The monoisotopic (exact) mass is 467 g/mol. The summed E-state index contributed by atoms with van der Waals surface area (Å²) in [6.07, 6.45) is 0. The van der Waals surface area contributed by atoms with Crippen molar-refractivity contribution >= 4 is 27.5 Å². The third-order valence-corrected chi connectivity index (χ3v) is 6.85. The van der Waals surface area contributed by atoms with Crippen LogP contribution < -0.4 is 14.4 Å². The molecule has 0 aliphatic carbocycles. The van der Waals surface area contributed by atoms with Gasteiger partial charge in [0.25, 0.3) is 0 Å². The number of anilines is 2. The van der Waals surface area contributed by atoms with E-state index in [4.69, 9.17) is 4.74 Å². The first-order chi connectivity index (χ1) is 15.7. The molecular formula is C25H29N3O4S. The molecule has 0 heterocycles. The van der Waals surface area contributed by atoms with Gasteiger partial charge in [0.1, 0.15) is 18.9 Å². The molecule has 174 valence electrons. The van der Waals surface area contributed by atoms with Crippen LogP contribution in [0.25, 0.3) is 0 Å². The number of carbonyl (C=O) groups is 1. The van der Waals surface area contributed by atoms with Gasteiger partial charge < -0.3 is 10.1 Å². The lowest BCUT2D eigenvalue weighted by atomic mass is 10.1. The van der Waals surface area contributed by atoms with Crippen molar-refractivity contribution in [3.8, 4) is 5.75 Å². The fourth-order valence-electron chi connectivity index (χ4n) is 3.18. The second-order valence-electron chi connectivity index (χ2n) is 7.93. The molecular weight excluding hydrogens is 438 g/mol. The van der Waals surface area contributed by atoms with Crippen molar-refractivity contribution in [2.45, 2.75) is 20.5 Å². The zero-order valence-electron chi connectivity index (χ0n) is 19.3. The van der Waals surface area contributed by atoms with Crippen molar-refractivity contribution < 1.29 is 17.9 Å². The highest BCUT2D eigenvalue weighted by atomic mass is 32.2. The lowest BCUT2D eigenvalue weighted by Gasteiger charge is -2.28. The molecule has 1 amide bonds. The summed E-state index contributed by atoms with van der Waals surface area (Å²) >= 11 is 0. The van der Waals surface area contributed by atoms with Gasteiger partial charge in [-0.3, -0.25) is 4.79 Å². The highest BCUT2D eigenvalue weighted by molar-refractivity contribution is 7.90. The van der Waals surface area contributed by atoms with Crippen molar-refractivity contribution in [2.24, 2.45) is 0 Å². The fourth-order valence-corrected chi connectivity index (χ4v) is 4.30. The standard InChI is InChI=1S/C25H29N3O4S/c1-19-10-11-20(2)24(16-19)28(33(30,31)27(3)4)17-25(29)26-22-12-14-23(15-13-22)32-18-21-8-6-5-7-9-21/h5-16H,17-18H2,1-4H3,(H,26,29). The van der Waals surface area contributed by atoms with E-state index in [1.807, 2.05) is 56.3 Å². The largest absolute Gasteiger partial charge is 0.489 e. The number of amides is 1. The Hall–Kier alpha value is -3.36. The van der Waals surface area contributed by atoms with Gasteiger partial charge in [-0.05, 0) is 60.9 Å². The van der Waals surface area contributed by atoms with Crippen LogP contribution in [-0.2, 0) is 21.6 Å². The fraction of sp³-hybridized carbons (Fsp3) is 0.240. The molecule has 8 heteroatoms. The molecule has 0 aromatic heterocycles. The summed E-state index contributed by atoms with van der Waals surface area (Å²) in [6, 6.07) is 22.3. The van der Waals surface area contributed by atoms with Crippen molar-refractivity contribution in [3.63, 3.8) is 0 Å². The van der Waals surface area contributed by atoms with E-state index in [9.17, 15) is 13.2 Å². The van der Waals surface area contributed by atoms with Crippen LogP contribution >= 0.6 is 0 Å². The van der Waals surface area contributed by atoms with Gasteiger partial charge in [-0.25, -0.2) is 4.31 Å². The Labute approximate surface area is 195 Å². The molecule has 0 atom stereocenters. The number of hydrogen-bond donors (Lipinski definition) is 1. The third-order valence-electron chi connectivity index (χ3n) is 5.05. The van der Waals surface area contributed by atoms with E-state index in [0.717, 1.165) is 25.3 Å². The first kappa shape index (κ1) is 24.3. The van der Waals surface area contributed by atoms with Crippen LogP contribution in [-0.4, -0.2) is 39.3 Å².